The largest absolute Gasteiger partial charge is 0.380 e. The van der Waals surface area contributed by atoms with E-state index in [1.807, 2.05) is 0 Å². The zero-order chi connectivity index (χ0) is 14.5. The summed E-state index contributed by atoms with van der Waals surface area (Å²) in [4.78, 5) is 2.53. The summed E-state index contributed by atoms with van der Waals surface area (Å²) in [6.45, 7) is 16.5. The van der Waals surface area contributed by atoms with Gasteiger partial charge in [0.1, 0.15) is 0 Å². The van der Waals surface area contributed by atoms with Gasteiger partial charge in [0, 0.05) is 25.7 Å². The van der Waals surface area contributed by atoms with Crippen molar-refractivity contribution in [1.82, 2.24) is 4.90 Å². The first-order valence-corrected chi connectivity index (χ1v) is 7.99. The minimum absolute atomic E-state index is 0.344. The van der Waals surface area contributed by atoms with Gasteiger partial charge in [-0.1, -0.05) is 27.7 Å². The third-order valence-electron chi connectivity index (χ3n) is 5.40. The maximum absolute atomic E-state index is 6.24. The molecule has 0 bridgehead atoms. The molecule has 3 unspecified atom stereocenters. The number of hydrogen-bond acceptors (Lipinski definition) is 3. The van der Waals surface area contributed by atoms with E-state index in [-0.39, 0.29) is 0 Å². The predicted molar refractivity (Wildman–Crippen MR) is 82.3 cm³/mol. The van der Waals surface area contributed by atoms with E-state index in [9.17, 15) is 0 Å². The molecule has 0 amide bonds. The fourth-order valence-electron chi connectivity index (χ4n) is 3.29. The number of nitrogens with two attached hydrogens (primary N) is 1. The van der Waals surface area contributed by atoms with Crippen LogP contribution >= 0.6 is 0 Å². The Morgan fingerprint density at radius 3 is 2.53 bits per heavy atom. The van der Waals surface area contributed by atoms with Crippen LogP contribution in [0.15, 0.2) is 0 Å². The van der Waals surface area contributed by atoms with Gasteiger partial charge in [0.05, 0.1) is 6.61 Å². The monoisotopic (exact) mass is 270 g/mol. The van der Waals surface area contributed by atoms with Crippen LogP contribution in [0.5, 0.6) is 0 Å². The molecule has 1 aliphatic rings. The van der Waals surface area contributed by atoms with E-state index in [0.717, 1.165) is 32.2 Å². The van der Waals surface area contributed by atoms with Crippen molar-refractivity contribution < 1.29 is 4.74 Å². The Labute approximate surface area is 119 Å². The maximum atomic E-state index is 6.24. The fraction of sp³-hybridized carbons (Fsp3) is 1.00. The zero-order valence-corrected chi connectivity index (χ0v) is 13.6. The lowest BCUT2D eigenvalue weighted by atomic mass is 9.61. The Hall–Kier alpha value is -0.120. The molecule has 2 N–H and O–H groups in total. The lowest BCUT2D eigenvalue weighted by Gasteiger charge is -2.48. The van der Waals surface area contributed by atoms with Gasteiger partial charge in [-0.05, 0) is 43.6 Å². The van der Waals surface area contributed by atoms with Crippen LogP contribution in [0.25, 0.3) is 0 Å². The molecule has 1 saturated carbocycles. The summed E-state index contributed by atoms with van der Waals surface area (Å²) in [6.07, 6.45) is 2.45. The van der Waals surface area contributed by atoms with Crippen LogP contribution in [0.2, 0.25) is 0 Å². The van der Waals surface area contributed by atoms with Crippen molar-refractivity contribution in [3.05, 3.63) is 0 Å². The summed E-state index contributed by atoms with van der Waals surface area (Å²) in [7, 11) is 0. The maximum Gasteiger partial charge on any atom is 0.0593 e. The average molecular weight is 270 g/mol. The van der Waals surface area contributed by atoms with Gasteiger partial charge < -0.3 is 15.4 Å². The molecule has 0 aromatic rings. The minimum atomic E-state index is 0.344. The van der Waals surface area contributed by atoms with Crippen LogP contribution < -0.4 is 5.73 Å². The van der Waals surface area contributed by atoms with E-state index in [1.165, 1.54) is 19.4 Å². The van der Waals surface area contributed by atoms with E-state index in [0.29, 0.717) is 17.4 Å². The van der Waals surface area contributed by atoms with Crippen LogP contribution in [-0.4, -0.2) is 43.8 Å². The highest BCUT2D eigenvalue weighted by molar-refractivity contribution is 4.94. The van der Waals surface area contributed by atoms with Crippen molar-refractivity contribution in [3.8, 4) is 0 Å². The highest BCUT2D eigenvalue weighted by atomic mass is 16.5. The lowest BCUT2D eigenvalue weighted by molar-refractivity contribution is 0.0222. The van der Waals surface area contributed by atoms with Gasteiger partial charge in [0.2, 0.25) is 0 Å². The van der Waals surface area contributed by atoms with Gasteiger partial charge in [0.25, 0.3) is 0 Å². The summed E-state index contributed by atoms with van der Waals surface area (Å²) in [6, 6.07) is 0.379. The molecule has 0 heterocycles. The molecule has 114 valence electrons. The van der Waals surface area contributed by atoms with Crippen LogP contribution in [0, 0.1) is 17.3 Å². The second-order valence-corrected chi connectivity index (χ2v) is 6.64. The molecule has 3 nitrogen and oxygen atoms in total. The van der Waals surface area contributed by atoms with Gasteiger partial charge >= 0.3 is 0 Å². The third kappa shape index (κ3) is 4.44. The molecule has 1 rings (SSSR count). The summed E-state index contributed by atoms with van der Waals surface area (Å²) >= 11 is 0. The molecular weight excluding hydrogens is 236 g/mol. The first kappa shape index (κ1) is 16.9. The summed E-state index contributed by atoms with van der Waals surface area (Å²) in [5, 5.41) is 0. The Balaban J connectivity index is 2.53. The van der Waals surface area contributed by atoms with Crippen molar-refractivity contribution in [2.24, 2.45) is 23.0 Å². The first-order chi connectivity index (χ1) is 8.93. The minimum Gasteiger partial charge on any atom is -0.380 e. The summed E-state index contributed by atoms with van der Waals surface area (Å²) < 4.78 is 5.48. The number of rotatable bonds is 7. The third-order valence-corrected chi connectivity index (χ3v) is 5.40. The van der Waals surface area contributed by atoms with Crippen LogP contribution in [0.3, 0.4) is 0 Å². The SMILES string of the molecule is CCOCCN(CC)CC1CCC(N)C(C)C1(C)C. The van der Waals surface area contributed by atoms with Crippen LogP contribution in [0.4, 0.5) is 0 Å². The Morgan fingerprint density at radius 1 is 1.26 bits per heavy atom. The molecule has 1 aliphatic carbocycles. The zero-order valence-electron chi connectivity index (χ0n) is 13.6. The molecule has 0 radical (unpaired) electrons. The molecule has 0 aliphatic heterocycles. The molecule has 0 saturated heterocycles. The first-order valence-electron chi connectivity index (χ1n) is 7.99. The van der Waals surface area contributed by atoms with Gasteiger partial charge in [-0.15, -0.1) is 0 Å². The molecule has 1 fully saturated rings. The number of likely N-dealkylation sites (N-methyl/N-ethyl adjacent to an activating group) is 1. The quantitative estimate of drug-likeness (QED) is 0.723. The highest BCUT2D eigenvalue weighted by Gasteiger charge is 2.41. The molecule has 0 aromatic carbocycles. The lowest BCUT2D eigenvalue weighted by Crippen LogP contribution is -2.50. The van der Waals surface area contributed by atoms with Gasteiger partial charge in [-0.25, -0.2) is 0 Å². The van der Waals surface area contributed by atoms with E-state index in [1.54, 1.807) is 0 Å². The smallest absolute Gasteiger partial charge is 0.0593 e. The molecule has 19 heavy (non-hydrogen) atoms. The number of hydrogen-bond donors (Lipinski definition) is 1. The van der Waals surface area contributed by atoms with E-state index >= 15 is 0 Å². The van der Waals surface area contributed by atoms with E-state index < -0.39 is 0 Å². The van der Waals surface area contributed by atoms with E-state index in [2.05, 4.69) is 39.5 Å². The summed E-state index contributed by atoms with van der Waals surface area (Å²) in [5.74, 6) is 1.36. The normalized spacial score (nSPS) is 30.8. The molecule has 3 atom stereocenters. The fourth-order valence-corrected chi connectivity index (χ4v) is 3.29. The molecule has 0 spiro atoms. The second kappa shape index (κ2) is 7.61. The molecular formula is C16H34N2O. The highest BCUT2D eigenvalue weighted by Crippen LogP contribution is 2.44. The van der Waals surface area contributed by atoms with Gasteiger partial charge in [-0.3, -0.25) is 0 Å². The Morgan fingerprint density at radius 2 is 1.95 bits per heavy atom. The molecule has 0 aromatic heterocycles. The Bertz CT molecular complexity index is 255. The predicted octanol–water partition coefficient (Wildman–Crippen LogP) is 2.74. The molecule has 3 heteroatoms. The van der Waals surface area contributed by atoms with Crippen LogP contribution in [-0.2, 0) is 4.74 Å². The van der Waals surface area contributed by atoms with Crippen molar-refractivity contribution in [3.63, 3.8) is 0 Å². The number of ether oxygens (including phenoxy) is 1. The van der Waals surface area contributed by atoms with Crippen molar-refractivity contribution in [2.75, 3.05) is 32.8 Å². The van der Waals surface area contributed by atoms with Gasteiger partial charge in [-0.2, -0.15) is 0 Å². The number of nitrogens with zero attached hydrogens (tertiary/aromatic N) is 1. The second-order valence-electron chi connectivity index (χ2n) is 6.64. The summed E-state index contributed by atoms with van der Waals surface area (Å²) in [5.41, 5.74) is 6.59. The van der Waals surface area contributed by atoms with Gasteiger partial charge in [0.15, 0.2) is 0 Å². The topological polar surface area (TPSA) is 38.5 Å². The van der Waals surface area contributed by atoms with E-state index in [4.69, 9.17) is 10.5 Å². The Kier molecular flexibility index (Phi) is 6.78. The van der Waals surface area contributed by atoms with Crippen molar-refractivity contribution >= 4 is 0 Å². The van der Waals surface area contributed by atoms with Crippen LogP contribution in [0.1, 0.15) is 47.5 Å². The van der Waals surface area contributed by atoms with Crippen molar-refractivity contribution in [2.45, 2.75) is 53.5 Å². The van der Waals surface area contributed by atoms with Crippen molar-refractivity contribution in [1.29, 1.82) is 0 Å². The standard InChI is InChI=1S/C16H34N2O/c1-6-18(10-11-19-7-2)12-14-8-9-15(17)13(3)16(14,4)5/h13-15H,6-12,17H2,1-5H3. The average Bonchev–Trinajstić information content (AvgIpc) is 2.38.